The zero-order valence-electron chi connectivity index (χ0n) is 13.4. The Bertz CT molecular complexity index is 349. The minimum absolute atomic E-state index is 0.00784. The molecule has 1 saturated carbocycles. The fourth-order valence-corrected chi connectivity index (χ4v) is 3.23. The van der Waals surface area contributed by atoms with Crippen LogP contribution in [0, 0.1) is 11.8 Å². The Kier molecular flexibility index (Phi) is 7.15. The second-order valence-corrected chi connectivity index (χ2v) is 7.00. The van der Waals surface area contributed by atoms with Gasteiger partial charge in [-0.2, -0.15) is 0 Å². The first kappa shape index (κ1) is 18.0. The third-order valence-electron chi connectivity index (χ3n) is 4.22. The van der Waals surface area contributed by atoms with E-state index in [-0.39, 0.29) is 23.8 Å². The summed E-state index contributed by atoms with van der Waals surface area (Å²) < 4.78 is 0. The number of amides is 1. The van der Waals surface area contributed by atoms with Crippen LogP contribution in [0.1, 0.15) is 65.2 Å². The maximum Gasteiger partial charge on any atom is 0.303 e. The number of carboxylic acid groups (broad SMARTS) is 1. The lowest BCUT2D eigenvalue weighted by Crippen LogP contribution is -2.46. The highest BCUT2D eigenvalue weighted by Crippen LogP contribution is 2.28. The summed E-state index contributed by atoms with van der Waals surface area (Å²) in [5.74, 6) is -0.437. The van der Waals surface area contributed by atoms with Crippen LogP contribution in [0.5, 0.6) is 0 Å². The van der Waals surface area contributed by atoms with Crippen LogP contribution >= 0.6 is 0 Å². The van der Waals surface area contributed by atoms with Crippen molar-refractivity contribution in [2.24, 2.45) is 17.6 Å². The van der Waals surface area contributed by atoms with Gasteiger partial charge in [0.2, 0.25) is 5.91 Å². The van der Waals surface area contributed by atoms with Crippen LogP contribution in [-0.4, -0.2) is 29.1 Å². The molecule has 4 N–H and O–H groups in total. The molecular weight excluding hydrogens is 268 g/mol. The number of aliphatic carboxylic acids is 1. The topological polar surface area (TPSA) is 92.4 Å². The molecule has 0 aliphatic heterocycles. The lowest BCUT2D eigenvalue weighted by Gasteiger charge is -2.33. The van der Waals surface area contributed by atoms with E-state index in [9.17, 15) is 9.59 Å². The Hall–Kier alpha value is -1.10. The van der Waals surface area contributed by atoms with Crippen molar-refractivity contribution in [2.75, 3.05) is 6.54 Å². The Labute approximate surface area is 127 Å². The van der Waals surface area contributed by atoms with Gasteiger partial charge in [-0.3, -0.25) is 9.59 Å². The zero-order valence-corrected chi connectivity index (χ0v) is 13.4. The normalized spacial score (nSPS) is 19.2. The first-order chi connectivity index (χ1) is 9.81. The molecule has 21 heavy (non-hydrogen) atoms. The highest BCUT2D eigenvalue weighted by atomic mass is 16.4. The van der Waals surface area contributed by atoms with Gasteiger partial charge in [-0.05, 0) is 31.1 Å². The van der Waals surface area contributed by atoms with Gasteiger partial charge in [0.1, 0.15) is 0 Å². The number of carboxylic acids is 1. The number of nitrogens with two attached hydrogens (primary N) is 1. The Morgan fingerprint density at radius 1 is 1.24 bits per heavy atom. The zero-order chi connectivity index (χ0) is 15.9. The van der Waals surface area contributed by atoms with Crippen LogP contribution in [0.25, 0.3) is 0 Å². The van der Waals surface area contributed by atoms with Gasteiger partial charge in [0, 0.05) is 24.9 Å². The van der Waals surface area contributed by atoms with Crippen molar-refractivity contribution in [1.82, 2.24) is 5.32 Å². The molecule has 1 rings (SSSR count). The second kappa shape index (κ2) is 8.37. The molecule has 1 aliphatic rings. The summed E-state index contributed by atoms with van der Waals surface area (Å²) in [4.78, 5) is 22.9. The molecule has 122 valence electrons. The van der Waals surface area contributed by atoms with E-state index in [0.29, 0.717) is 18.9 Å². The molecule has 1 atom stereocenters. The first-order valence-corrected chi connectivity index (χ1v) is 8.08. The molecule has 0 bridgehead atoms. The molecule has 0 aromatic rings. The highest BCUT2D eigenvalue weighted by Gasteiger charge is 2.30. The van der Waals surface area contributed by atoms with Crippen molar-refractivity contribution in [3.05, 3.63) is 0 Å². The summed E-state index contributed by atoms with van der Waals surface area (Å²) in [5.41, 5.74) is 5.91. The van der Waals surface area contributed by atoms with Crippen LogP contribution in [0.4, 0.5) is 0 Å². The van der Waals surface area contributed by atoms with E-state index >= 15 is 0 Å². The van der Waals surface area contributed by atoms with Crippen molar-refractivity contribution in [3.63, 3.8) is 0 Å². The molecule has 1 aliphatic carbocycles. The fourth-order valence-electron chi connectivity index (χ4n) is 3.23. The van der Waals surface area contributed by atoms with Crippen LogP contribution in [0.15, 0.2) is 0 Å². The molecular formula is C16H30N2O3. The van der Waals surface area contributed by atoms with E-state index in [1.165, 1.54) is 6.42 Å². The van der Waals surface area contributed by atoms with Crippen molar-refractivity contribution >= 4 is 11.9 Å². The number of carbonyl (C=O) groups is 2. The standard InChI is InChI=1S/C16H30N2O3/c1-12(2)8-13(9-15(20)21)11-18-14(19)10-16(17)6-4-3-5-7-16/h12-13H,3-11,17H2,1-2H3,(H,18,19)(H,20,21). The summed E-state index contributed by atoms with van der Waals surface area (Å²) in [6.45, 7) is 4.56. The van der Waals surface area contributed by atoms with E-state index in [4.69, 9.17) is 10.8 Å². The third-order valence-corrected chi connectivity index (χ3v) is 4.22. The van der Waals surface area contributed by atoms with E-state index in [1.54, 1.807) is 0 Å². The van der Waals surface area contributed by atoms with Gasteiger partial charge in [-0.15, -0.1) is 0 Å². The quantitative estimate of drug-likeness (QED) is 0.641. The minimum atomic E-state index is -0.808. The molecule has 0 spiro atoms. The molecule has 1 amide bonds. The monoisotopic (exact) mass is 298 g/mol. The number of nitrogens with one attached hydrogen (secondary N) is 1. The fraction of sp³-hybridized carbons (Fsp3) is 0.875. The van der Waals surface area contributed by atoms with Crippen molar-refractivity contribution in [3.8, 4) is 0 Å². The smallest absolute Gasteiger partial charge is 0.303 e. The van der Waals surface area contributed by atoms with E-state index in [1.807, 2.05) is 0 Å². The number of hydrogen-bond donors (Lipinski definition) is 3. The minimum Gasteiger partial charge on any atom is -0.481 e. The van der Waals surface area contributed by atoms with Gasteiger partial charge in [0.15, 0.2) is 0 Å². The Balaban J connectivity index is 2.39. The maximum absolute atomic E-state index is 12.1. The van der Waals surface area contributed by atoms with Crippen LogP contribution in [-0.2, 0) is 9.59 Å². The number of hydrogen-bond acceptors (Lipinski definition) is 3. The Morgan fingerprint density at radius 2 is 1.86 bits per heavy atom. The SMILES string of the molecule is CC(C)CC(CNC(=O)CC1(N)CCCCC1)CC(=O)O. The number of rotatable bonds is 8. The molecule has 0 aromatic carbocycles. The van der Waals surface area contributed by atoms with E-state index in [0.717, 1.165) is 32.1 Å². The van der Waals surface area contributed by atoms with Crippen molar-refractivity contribution < 1.29 is 14.7 Å². The van der Waals surface area contributed by atoms with Gasteiger partial charge < -0.3 is 16.2 Å². The average Bonchev–Trinajstić information content (AvgIpc) is 2.35. The van der Waals surface area contributed by atoms with Gasteiger partial charge in [-0.1, -0.05) is 33.1 Å². The molecule has 0 radical (unpaired) electrons. The molecule has 5 heteroatoms. The average molecular weight is 298 g/mol. The molecule has 1 unspecified atom stereocenters. The predicted octanol–water partition coefficient (Wildman–Crippen LogP) is 2.29. The summed E-state index contributed by atoms with van der Waals surface area (Å²) in [6, 6.07) is 0. The summed E-state index contributed by atoms with van der Waals surface area (Å²) in [7, 11) is 0. The summed E-state index contributed by atoms with van der Waals surface area (Å²) in [5, 5.41) is 11.8. The predicted molar refractivity (Wildman–Crippen MR) is 82.8 cm³/mol. The van der Waals surface area contributed by atoms with E-state index in [2.05, 4.69) is 19.2 Å². The van der Waals surface area contributed by atoms with Gasteiger partial charge in [0.25, 0.3) is 0 Å². The lowest BCUT2D eigenvalue weighted by molar-refractivity contribution is -0.138. The molecule has 1 fully saturated rings. The lowest BCUT2D eigenvalue weighted by atomic mass is 9.80. The highest BCUT2D eigenvalue weighted by molar-refractivity contribution is 5.77. The molecule has 0 heterocycles. The van der Waals surface area contributed by atoms with Gasteiger partial charge in [-0.25, -0.2) is 0 Å². The number of carbonyl (C=O) groups excluding carboxylic acids is 1. The third kappa shape index (κ3) is 7.46. The van der Waals surface area contributed by atoms with Crippen molar-refractivity contribution in [1.29, 1.82) is 0 Å². The van der Waals surface area contributed by atoms with Crippen LogP contribution in [0.3, 0.4) is 0 Å². The maximum atomic E-state index is 12.1. The summed E-state index contributed by atoms with van der Waals surface area (Å²) in [6.07, 6.45) is 6.48. The van der Waals surface area contributed by atoms with Crippen LogP contribution < -0.4 is 11.1 Å². The first-order valence-electron chi connectivity index (χ1n) is 8.08. The molecule has 0 aromatic heterocycles. The van der Waals surface area contributed by atoms with E-state index < -0.39 is 5.97 Å². The van der Waals surface area contributed by atoms with Crippen molar-refractivity contribution in [2.45, 2.75) is 70.8 Å². The largest absolute Gasteiger partial charge is 0.481 e. The molecule has 5 nitrogen and oxygen atoms in total. The molecule has 0 saturated heterocycles. The Morgan fingerprint density at radius 3 is 2.38 bits per heavy atom. The van der Waals surface area contributed by atoms with Gasteiger partial charge in [0.05, 0.1) is 0 Å². The second-order valence-electron chi connectivity index (χ2n) is 7.00. The van der Waals surface area contributed by atoms with Crippen LogP contribution in [0.2, 0.25) is 0 Å². The van der Waals surface area contributed by atoms with Gasteiger partial charge >= 0.3 is 5.97 Å². The summed E-state index contributed by atoms with van der Waals surface area (Å²) >= 11 is 0.